The number of ether oxygens (including phenoxy) is 1. The normalized spacial score (nSPS) is 17.1. The molecule has 2 heterocycles. The molecule has 0 aliphatic carbocycles. The highest BCUT2D eigenvalue weighted by atomic mass is 35.5. The van der Waals surface area contributed by atoms with E-state index in [2.05, 4.69) is 9.89 Å². The molecule has 3 aromatic carbocycles. The van der Waals surface area contributed by atoms with Crippen molar-refractivity contribution in [3.8, 4) is 11.1 Å². The second-order valence-electron chi connectivity index (χ2n) is 9.24. The fourth-order valence-corrected chi connectivity index (χ4v) is 4.90. The van der Waals surface area contributed by atoms with Crippen LogP contribution >= 0.6 is 11.6 Å². The van der Waals surface area contributed by atoms with E-state index in [4.69, 9.17) is 16.3 Å². The highest BCUT2D eigenvalue weighted by Crippen LogP contribution is 2.27. The molecule has 0 aromatic heterocycles. The Morgan fingerprint density at radius 3 is 2.51 bits per heavy atom. The van der Waals surface area contributed by atoms with Gasteiger partial charge in [-0.2, -0.15) is 0 Å². The van der Waals surface area contributed by atoms with Crippen molar-refractivity contribution in [2.75, 3.05) is 31.6 Å². The molecule has 2 aliphatic rings. The van der Waals surface area contributed by atoms with Crippen molar-refractivity contribution in [1.29, 1.82) is 0 Å². The molecule has 2 amide bonds. The van der Waals surface area contributed by atoms with Gasteiger partial charge in [-0.1, -0.05) is 78.4 Å². The fraction of sp³-hybridized carbons (Fsp3) is 0.156. The van der Waals surface area contributed by atoms with Gasteiger partial charge in [0, 0.05) is 23.5 Å². The van der Waals surface area contributed by atoms with E-state index in [-0.39, 0.29) is 22.9 Å². The number of anilines is 1. The summed E-state index contributed by atoms with van der Waals surface area (Å²) >= 11 is 6.61. The van der Waals surface area contributed by atoms with Gasteiger partial charge in [0.15, 0.2) is 18.8 Å². The summed E-state index contributed by atoms with van der Waals surface area (Å²) in [4.78, 5) is 28.5. The van der Waals surface area contributed by atoms with E-state index >= 15 is 0 Å². The number of halogens is 1. The molecule has 1 fully saturated rings. The lowest BCUT2D eigenvalue weighted by atomic mass is 9.99. The molecule has 5 rings (SSSR count). The van der Waals surface area contributed by atoms with Gasteiger partial charge >= 0.3 is 0 Å². The van der Waals surface area contributed by atoms with Crippen LogP contribution < -0.4 is 5.32 Å². The van der Waals surface area contributed by atoms with E-state index in [1.807, 2.05) is 85.1 Å². The van der Waals surface area contributed by atoms with Crippen molar-refractivity contribution in [3.63, 3.8) is 0 Å². The second-order valence-corrected chi connectivity index (χ2v) is 9.65. The molecule has 6 nitrogen and oxygen atoms in total. The third-order valence-electron chi connectivity index (χ3n) is 6.64. The van der Waals surface area contributed by atoms with Crippen LogP contribution in [0.15, 0.2) is 109 Å². The van der Waals surface area contributed by atoms with Crippen LogP contribution in [0.2, 0.25) is 5.02 Å². The monoisotopic (exact) mass is 538 g/mol. The number of carbonyl (C=O) groups is 2. The van der Waals surface area contributed by atoms with Crippen LogP contribution in [0.4, 0.5) is 5.69 Å². The SMILES string of the molecule is O=C(Nc1ccc(C(=O)N2C=CC=CC=CC=[N+]3CCOCC3C2)c(Cl)c1)c1ccccc1-c1ccccc1. The zero-order valence-corrected chi connectivity index (χ0v) is 22.1. The number of hydrogen-bond acceptors (Lipinski definition) is 3. The molecule has 3 aromatic rings. The quantitative estimate of drug-likeness (QED) is 0.426. The van der Waals surface area contributed by atoms with Crippen LogP contribution in [0.3, 0.4) is 0 Å². The topological polar surface area (TPSA) is 61.7 Å². The first-order valence-corrected chi connectivity index (χ1v) is 13.2. The van der Waals surface area contributed by atoms with Gasteiger partial charge in [-0.05, 0) is 41.5 Å². The maximum Gasteiger partial charge on any atom is 0.259 e. The molecule has 1 saturated heterocycles. The Morgan fingerprint density at radius 1 is 0.897 bits per heavy atom. The number of morpholine rings is 1. The van der Waals surface area contributed by atoms with Crippen molar-refractivity contribution in [2.24, 2.45) is 0 Å². The van der Waals surface area contributed by atoms with Crippen molar-refractivity contribution < 1.29 is 18.9 Å². The van der Waals surface area contributed by atoms with E-state index in [0.29, 0.717) is 36.6 Å². The largest absolute Gasteiger partial charge is 0.368 e. The summed E-state index contributed by atoms with van der Waals surface area (Å²) in [5.74, 6) is -0.483. The van der Waals surface area contributed by atoms with Crippen molar-refractivity contribution >= 4 is 35.3 Å². The van der Waals surface area contributed by atoms with Crippen LogP contribution in [0.1, 0.15) is 20.7 Å². The Labute approximate surface area is 233 Å². The highest BCUT2D eigenvalue weighted by molar-refractivity contribution is 6.34. The van der Waals surface area contributed by atoms with Gasteiger partial charge < -0.3 is 15.0 Å². The number of benzene rings is 3. The van der Waals surface area contributed by atoms with Crippen LogP contribution in [-0.2, 0) is 4.74 Å². The summed E-state index contributed by atoms with van der Waals surface area (Å²) in [7, 11) is 0. The number of nitrogens with one attached hydrogen (secondary N) is 1. The molecule has 7 heteroatoms. The van der Waals surface area contributed by atoms with Gasteiger partial charge in [0.1, 0.15) is 13.2 Å². The fourth-order valence-electron chi connectivity index (χ4n) is 4.64. The number of amides is 2. The Balaban J connectivity index is 1.35. The minimum Gasteiger partial charge on any atom is -0.368 e. The minimum absolute atomic E-state index is 0.0112. The number of rotatable bonds is 4. The molecule has 39 heavy (non-hydrogen) atoms. The van der Waals surface area contributed by atoms with Crippen LogP contribution in [-0.4, -0.2) is 59.8 Å². The molecular formula is C32H29ClN3O3+. The smallest absolute Gasteiger partial charge is 0.259 e. The van der Waals surface area contributed by atoms with Gasteiger partial charge in [-0.25, -0.2) is 4.58 Å². The molecule has 0 bridgehead atoms. The molecule has 0 saturated carbocycles. The average Bonchev–Trinajstić information content (AvgIpc) is 3.01. The van der Waals surface area contributed by atoms with Crippen LogP contribution in [0.5, 0.6) is 0 Å². The Hall–Kier alpha value is -4.26. The maximum absolute atomic E-state index is 13.6. The first kappa shape index (κ1) is 26.4. The van der Waals surface area contributed by atoms with Crippen molar-refractivity contribution in [2.45, 2.75) is 6.04 Å². The van der Waals surface area contributed by atoms with Gasteiger partial charge in [0.05, 0.1) is 17.1 Å². The zero-order chi connectivity index (χ0) is 27.0. The Bertz CT molecular complexity index is 1480. The lowest BCUT2D eigenvalue weighted by molar-refractivity contribution is -0.582. The molecule has 0 radical (unpaired) electrons. The second kappa shape index (κ2) is 12.5. The third kappa shape index (κ3) is 6.42. The van der Waals surface area contributed by atoms with E-state index in [9.17, 15) is 9.59 Å². The first-order chi connectivity index (χ1) is 19.1. The molecule has 0 spiro atoms. The molecule has 1 atom stereocenters. The van der Waals surface area contributed by atoms with E-state index < -0.39 is 0 Å². The predicted octanol–water partition coefficient (Wildman–Crippen LogP) is 5.82. The molecular weight excluding hydrogens is 510 g/mol. The van der Waals surface area contributed by atoms with Crippen molar-refractivity contribution in [3.05, 3.63) is 126 Å². The Kier molecular flexibility index (Phi) is 8.46. The highest BCUT2D eigenvalue weighted by Gasteiger charge is 2.30. The zero-order valence-electron chi connectivity index (χ0n) is 21.4. The lowest BCUT2D eigenvalue weighted by Gasteiger charge is -2.26. The summed E-state index contributed by atoms with van der Waals surface area (Å²) in [6.07, 6.45) is 13.4. The standard InChI is InChI=1S/C32H28ClN3O3/c33-30-21-25(34-31(37)28-14-8-7-13-27(28)24-11-5-4-6-12-24)15-16-29(30)32(38)36-18-10-3-1-2-9-17-35-19-20-39-23-26(35)22-36/h1-18,21,26H,19-20,22-23H2/p+1. The van der Waals surface area contributed by atoms with E-state index in [1.54, 1.807) is 35.4 Å². The van der Waals surface area contributed by atoms with Crippen LogP contribution in [0, 0.1) is 0 Å². The summed E-state index contributed by atoms with van der Waals surface area (Å²) in [5, 5.41) is 3.19. The molecule has 1 unspecified atom stereocenters. The summed E-state index contributed by atoms with van der Waals surface area (Å²) in [6, 6.07) is 22.2. The minimum atomic E-state index is -0.256. The molecule has 2 aliphatic heterocycles. The first-order valence-electron chi connectivity index (χ1n) is 12.8. The average molecular weight is 539 g/mol. The summed E-state index contributed by atoms with van der Waals surface area (Å²) in [5.41, 5.74) is 3.20. The van der Waals surface area contributed by atoms with E-state index in [0.717, 1.165) is 17.7 Å². The molecule has 196 valence electrons. The number of hydrogen-bond donors (Lipinski definition) is 1. The number of fused-ring (bicyclic) bond motifs is 1. The van der Waals surface area contributed by atoms with Gasteiger partial charge in [0.2, 0.25) is 0 Å². The third-order valence-corrected chi connectivity index (χ3v) is 6.96. The Morgan fingerprint density at radius 2 is 1.67 bits per heavy atom. The van der Waals surface area contributed by atoms with Gasteiger partial charge in [-0.3, -0.25) is 9.59 Å². The number of carbonyl (C=O) groups excluding carboxylic acids is 2. The van der Waals surface area contributed by atoms with Gasteiger partial charge in [0.25, 0.3) is 11.8 Å². The summed E-state index contributed by atoms with van der Waals surface area (Å²) < 4.78 is 7.89. The lowest BCUT2D eigenvalue weighted by Crippen LogP contribution is -2.47. The number of allylic oxidation sites excluding steroid dienone is 5. The number of nitrogens with zero attached hydrogens (tertiary/aromatic N) is 2. The maximum atomic E-state index is 13.6. The predicted molar refractivity (Wildman–Crippen MR) is 156 cm³/mol. The van der Waals surface area contributed by atoms with E-state index in [1.165, 1.54) is 0 Å². The van der Waals surface area contributed by atoms with Crippen molar-refractivity contribution in [1.82, 2.24) is 4.90 Å². The molecule has 1 N–H and O–H groups in total. The van der Waals surface area contributed by atoms with Gasteiger partial charge in [-0.15, -0.1) is 0 Å². The summed E-state index contributed by atoms with van der Waals surface area (Å²) in [6.45, 7) is 2.37. The van der Waals surface area contributed by atoms with Crippen LogP contribution in [0.25, 0.3) is 11.1 Å².